The molecule has 0 bridgehead atoms. The number of nitrogens with zero attached hydrogens (tertiary/aromatic N) is 2. The second kappa shape index (κ2) is 8.64. The highest BCUT2D eigenvalue weighted by molar-refractivity contribution is 7.89. The Morgan fingerprint density at radius 3 is 1.97 bits per heavy atom. The van der Waals surface area contributed by atoms with Crippen molar-refractivity contribution in [2.75, 3.05) is 33.3 Å². The first-order valence-corrected chi connectivity index (χ1v) is 12.0. The van der Waals surface area contributed by atoms with E-state index in [0.717, 1.165) is 12.8 Å². The first kappa shape index (κ1) is 22.1. The quantitative estimate of drug-likeness (QED) is 0.745. The van der Waals surface area contributed by atoms with Gasteiger partial charge in [0, 0.05) is 31.7 Å². The van der Waals surface area contributed by atoms with Gasteiger partial charge >= 0.3 is 0 Å². The highest BCUT2D eigenvalue weighted by Gasteiger charge is 2.34. The van der Waals surface area contributed by atoms with Crippen molar-refractivity contribution < 1.29 is 17.9 Å². The largest absolute Gasteiger partial charge is 0.495 e. The third-order valence-corrected chi connectivity index (χ3v) is 7.87. The molecule has 162 valence electrons. The molecule has 1 aromatic rings. The summed E-state index contributed by atoms with van der Waals surface area (Å²) in [6, 6.07) is 4.78. The van der Waals surface area contributed by atoms with Crippen LogP contribution in [0.5, 0.6) is 5.75 Å². The Morgan fingerprint density at radius 1 is 0.931 bits per heavy atom. The highest BCUT2D eigenvalue weighted by Crippen LogP contribution is 2.32. The predicted molar refractivity (Wildman–Crippen MR) is 114 cm³/mol. The van der Waals surface area contributed by atoms with Crippen molar-refractivity contribution in [3.05, 3.63) is 23.8 Å². The topological polar surface area (TPSA) is 66.9 Å². The molecule has 29 heavy (non-hydrogen) atoms. The number of methoxy groups -OCH3 is 1. The second-order valence-electron chi connectivity index (χ2n) is 9.29. The molecule has 6 nitrogen and oxygen atoms in total. The molecular formula is C22H34N2O4S. The number of ether oxygens (including phenoxy) is 1. The number of amides is 1. The van der Waals surface area contributed by atoms with Gasteiger partial charge in [-0.3, -0.25) is 4.79 Å². The zero-order chi connectivity index (χ0) is 21.3. The van der Waals surface area contributed by atoms with Crippen LogP contribution in [0, 0.1) is 23.7 Å². The number of likely N-dealkylation sites (tertiary alicyclic amines) is 1. The lowest BCUT2D eigenvalue weighted by Gasteiger charge is -2.35. The number of carbonyl (C=O) groups is 1. The fourth-order valence-electron chi connectivity index (χ4n) is 4.96. The van der Waals surface area contributed by atoms with Crippen molar-refractivity contribution in [3.8, 4) is 5.75 Å². The molecule has 0 aromatic heterocycles. The fourth-order valence-corrected chi connectivity index (χ4v) is 6.82. The summed E-state index contributed by atoms with van der Waals surface area (Å²) >= 11 is 0. The van der Waals surface area contributed by atoms with Crippen molar-refractivity contribution in [2.45, 2.75) is 45.4 Å². The van der Waals surface area contributed by atoms with E-state index in [4.69, 9.17) is 4.74 Å². The van der Waals surface area contributed by atoms with E-state index in [1.54, 1.807) is 16.4 Å². The Hall–Kier alpha value is -1.60. The zero-order valence-corrected chi connectivity index (χ0v) is 19.0. The summed E-state index contributed by atoms with van der Waals surface area (Å²) < 4.78 is 33.8. The molecule has 4 atom stereocenters. The van der Waals surface area contributed by atoms with Gasteiger partial charge in [0.1, 0.15) is 10.6 Å². The number of sulfonamides is 1. The van der Waals surface area contributed by atoms with Gasteiger partial charge < -0.3 is 9.64 Å². The average Bonchev–Trinajstić information content (AvgIpc) is 2.65. The number of piperidine rings is 2. The molecule has 3 rings (SSSR count). The van der Waals surface area contributed by atoms with Crippen LogP contribution >= 0.6 is 0 Å². The Kier molecular flexibility index (Phi) is 6.58. The van der Waals surface area contributed by atoms with Crippen LogP contribution in [0.4, 0.5) is 0 Å². The lowest BCUT2D eigenvalue weighted by Crippen LogP contribution is -2.43. The highest BCUT2D eigenvalue weighted by atomic mass is 32.2. The van der Waals surface area contributed by atoms with E-state index in [1.165, 1.54) is 13.2 Å². The minimum atomic E-state index is -3.74. The first-order valence-electron chi connectivity index (χ1n) is 10.6. The van der Waals surface area contributed by atoms with Gasteiger partial charge in [-0.1, -0.05) is 27.7 Å². The van der Waals surface area contributed by atoms with E-state index in [9.17, 15) is 13.2 Å². The molecule has 2 fully saturated rings. The standard InChI is InChI=1S/C22H34N2O4S/c1-15-8-16(2)12-23(11-15)22(25)19-6-7-20(28-5)21(10-19)29(26,27)24-13-17(3)9-18(4)14-24/h6-7,10,15-18H,8-9,11-14H2,1-5H3. The van der Waals surface area contributed by atoms with E-state index in [1.807, 2.05) is 4.90 Å². The molecule has 4 unspecified atom stereocenters. The SMILES string of the molecule is COc1ccc(C(=O)N2CC(C)CC(C)C2)cc1S(=O)(=O)N1CC(C)CC(C)C1. The molecule has 0 N–H and O–H groups in total. The average molecular weight is 423 g/mol. The monoisotopic (exact) mass is 422 g/mol. The minimum Gasteiger partial charge on any atom is -0.495 e. The van der Waals surface area contributed by atoms with Crippen LogP contribution in [0.3, 0.4) is 0 Å². The fraction of sp³-hybridized carbons (Fsp3) is 0.682. The van der Waals surface area contributed by atoms with E-state index >= 15 is 0 Å². The summed E-state index contributed by atoms with van der Waals surface area (Å²) in [6.45, 7) is 10.9. The molecular weight excluding hydrogens is 388 g/mol. The third-order valence-electron chi connectivity index (χ3n) is 6.02. The molecule has 2 saturated heterocycles. The summed E-state index contributed by atoms with van der Waals surface area (Å²) in [5, 5.41) is 0. The van der Waals surface area contributed by atoms with Crippen LogP contribution in [0.25, 0.3) is 0 Å². The Balaban J connectivity index is 1.94. The summed E-state index contributed by atoms with van der Waals surface area (Å²) in [4.78, 5) is 15.1. The van der Waals surface area contributed by atoms with Crippen molar-refractivity contribution in [1.29, 1.82) is 0 Å². The molecule has 0 saturated carbocycles. The number of rotatable bonds is 4. The number of hydrogen-bond acceptors (Lipinski definition) is 4. The number of benzene rings is 1. The smallest absolute Gasteiger partial charge is 0.253 e. The Morgan fingerprint density at radius 2 is 1.45 bits per heavy atom. The van der Waals surface area contributed by atoms with Crippen LogP contribution in [0.1, 0.15) is 50.9 Å². The van der Waals surface area contributed by atoms with Gasteiger partial charge in [-0.15, -0.1) is 0 Å². The van der Waals surface area contributed by atoms with Crippen LogP contribution in [0.2, 0.25) is 0 Å². The third kappa shape index (κ3) is 4.77. The molecule has 0 radical (unpaired) electrons. The molecule has 2 aliphatic rings. The summed E-state index contributed by atoms with van der Waals surface area (Å²) in [5.74, 6) is 1.68. The van der Waals surface area contributed by atoms with E-state index in [0.29, 0.717) is 55.4 Å². The summed E-state index contributed by atoms with van der Waals surface area (Å²) in [7, 11) is -2.28. The van der Waals surface area contributed by atoms with Gasteiger partial charge in [-0.2, -0.15) is 4.31 Å². The van der Waals surface area contributed by atoms with Crippen LogP contribution in [-0.2, 0) is 10.0 Å². The maximum Gasteiger partial charge on any atom is 0.253 e. The number of carbonyl (C=O) groups excluding carboxylic acids is 1. The van der Waals surface area contributed by atoms with Gasteiger partial charge in [-0.25, -0.2) is 8.42 Å². The molecule has 7 heteroatoms. The van der Waals surface area contributed by atoms with Crippen molar-refractivity contribution in [2.24, 2.45) is 23.7 Å². The van der Waals surface area contributed by atoms with Gasteiger partial charge in [0.05, 0.1) is 7.11 Å². The van der Waals surface area contributed by atoms with Gasteiger partial charge in [-0.05, 0) is 54.7 Å². The van der Waals surface area contributed by atoms with E-state index in [-0.39, 0.29) is 16.6 Å². The summed E-state index contributed by atoms with van der Waals surface area (Å²) in [6.07, 6.45) is 2.13. The zero-order valence-electron chi connectivity index (χ0n) is 18.2. The van der Waals surface area contributed by atoms with Gasteiger partial charge in [0.15, 0.2) is 0 Å². The van der Waals surface area contributed by atoms with Gasteiger partial charge in [0.25, 0.3) is 5.91 Å². The first-order chi connectivity index (χ1) is 13.6. The van der Waals surface area contributed by atoms with Crippen LogP contribution in [-0.4, -0.2) is 56.8 Å². The van der Waals surface area contributed by atoms with E-state index < -0.39 is 10.0 Å². The van der Waals surface area contributed by atoms with Crippen LogP contribution in [0.15, 0.2) is 23.1 Å². The van der Waals surface area contributed by atoms with Crippen molar-refractivity contribution >= 4 is 15.9 Å². The van der Waals surface area contributed by atoms with E-state index in [2.05, 4.69) is 27.7 Å². The molecule has 2 heterocycles. The molecule has 1 amide bonds. The Bertz CT molecular complexity index is 834. The molecule has 1 aromatic carbocycles. The van der Waals surface area contributed by atoms with Gasteiger partial charge in [0.2, 0.25) is 10.0 Å². The maximum atomic E-state index is 13.4. The van der Waals surface area contributed by atoms with Crippen molar-refractivity contribution in [1.82, 2.24) is 9.21 Å². The summed E-state index contributed by atoms with van der Waals surface area (Å²) in [5.41, 5.74) is 0.406. The van der Waals surface area contributed by atoms with Crippen molar-refractivity contribution in [3.63, 3.8) is 0 Å². The molecule has 0 spiro atoms. The number of hydrogen-bond donors (Lipinski definition) is 0. The normalized spacial score (nSPS) is 28.9. The predicted octanol–water partition coefficient (Wildman–Crippen LogP) is 3.48. The molecule has 2 aliphatic heterocycles. The molecule has 0 aliphatic carbocycles. The lowest BCUT2D eigenvalue weighted by molar-refractivity contribution is 0.0623. The maximum absolute atomic E-state index is 13.4. The minimum absolute atomic E-state index is 0.0882. The Labute approximate surface area is 175 Å². The lowest BCUT2D eigenvalue weighted by atomic mass is 9.91. The van der Waals surface area contributed by atoms with Crippen LogP contribution < -0.4 is 4.74 Å². The second-order valence-corrected chi connectivity index (χ2v) is 11.2.